The number of carbonyl (C=O) groups is 2. The van der Waals surface area contributed by atoms with Crippen molar-refractivity contribution >= 4 is 44.9 Å². The molecule has 0 radical (unpaired) electrons. The van der Waals surface area contributed by atoms with E-state index >= 15 is 0 Å². The molecule has 0 aliphatic heterocycles. The zero-order valence-electron chi connectivity index (χ0n) is 12.2. The summed E-state index contributed by atoms with van der Waals surface area (Å²) < 4.78 is 5.49. The van der Waals surface area contributed by atoms with Gasteiger partial charge in [-0.15, -0.1) is 0 Å². The van der Waals surface area contributed by atoms with Crippen LogP contribution in [0.15, 0.2) is 22.8 Å². The molecule has 2 aromatic rings. The molecule has 1 aromatic carbocycles. The van der Waals surface area contributed by atoms with Crippen molar-refractivity contribution in [1.29, 1.82) is 0 Å². The first kappa shape index (κ1) is 16.9. The van der Waals surface area contributed by atoms with E-state index in [9.17, 15) is 19.7 Å². The molecule has 0 spiro atoms. The molecular formula is C14H14BrN3O5. The number of ether oxygens (including phenoxy) is 1. The molecule has 8 nitrogen and oxygen atoms in total. The maximum absolute atomic E-state index is 11.8. The molecule has 0 fully saturated rings. The van der Waals surface area contributed by atoms with Gasteiger partial charge in [0.05, 0.1) is 18.7 Å². The number of aromatic amines is 1. The number of benzene rings is 1. The van der Waals surface area contributed by atoms with Crippen molar-refractivity contribution in [3.63, 3.8) is 0 Å². The molecule has 1 heterocycles. The molecule has 0 aliphatic carbocycles. The van der Waals surface area contributed by atoms with Gasteiger partial charge in [0.2, 0.25) is 6.41 Å². The monoisotopic (exact) mass is 383 g/mol. The van der Waals surface area contributed by atoms with E-state index in [1.807, 2.05) is 0 Å². The number of fused-ring (bicyclic) bond motifs is 1. The second kappa shape index (κ2) is 7.23. The summed E-state index contributed by atoms with van der Waals surface area (Å²) in [5.41, 5.74) is 1.72. The van der Waals surface area contributed by atoms with Crippen molar-refractivity contribution in [2.24, 2.45) is 0 Å². The number of amides is 1. The minimum absolute atomic E-state index is 0.0714. The van der Waals surface area contributed by atoms with Crippen molar-refractivity contribution in [1.82, 2.24) is 4.98 Å². The van der Waals surface area contributed by atoms with Gasteiger partial charge in [0.1, 0.15) is 0 Å². The third-order valence-corrected chi connectivity index (χ3v) is 3.72. The second-order valence-corrected chi connectivity index (χ2v) is 5.63. The zero-order chi connectivity index (χ0) is 17.0. The van der Waals surface area contributed by atoms with Crippen LogP contribution in [-0.2, 0) is 20.7 Å². The lowest BCUT2D eigenvalue weighted by atomic mass is 10.0. The van der Waals surface area contributed by atoms with Crippen molar-refractivity contribution in [2.45, 2.75) is 19.4 Å². The van der Waals surface area contributed by atoms with Gasteiger partial charge in [-0.3, -0.25) is 14.9 Å². The SMILES string of the molecule is CCOC(=O)C(Cc1c[nH]c2cc(Br)cc(NC=O)c12)[N+](=O)[O-]. The summed E-state index contributed by atoms with van der Waals surface area (Å²) in [6.07, 6.45) is 1.97. The molecule has 1 atom stereocenters. The highest BCUT2D eigenvalue weighted by Gasteiger charge is 2.32. The highest BCUT2D eigenvalue weighted by atomic mass is 79.9. The Morgan fingerprint density at radius 1 is 1.57 bits per heavy atom. The van der Waals surface area contributed by atoms with Gasteiger partial charge in [0.25, 0.3) is 0 Å². The van der Waals surface area contributed by atoms with Crippen LogP contribution in [0.3, 0.4) is 0 Å². The molecule has 1 aromatic heterocycles. The van der Waals surface area contributed by atoms with Gasteiger partial charge >= 0.3 is 12.0 Å². The number of nitrogens with zero attached hydrogens (tertiary/aromatic N) is 1. The zero-order valence-corrected chi connectivity index (χ0v) is 13.8. The summed E-state index contributed by atoms with van der Waals surface area (Å²) in [4.78, 5) is 36.0. The van der Waals surface area contributed by atoms with Crippen molar-refractivity contribution < 1.29 is 19.2 Å². The number of esters is 1. The Balaban J connectivity index is 2.44. The maximum Gasteiger partial charge on any atom is 0.382 e. The van der Waals surface area contributed by atoms with Crippen LogP contribution in [0.2, 0.25) is 0 Å². The first-order valence-electron chi connectivity index (χ1n) is 6.77. The van der Waals surface area contributed by atoms with Crippen LogP contribution in [0, 0.1) is 10.1 Å². The predicted octanol–water partition coefficient (Wildman–Crippen LogP) is 2.25. The lowest BCUT2D eigenvalue weighted by Gasteiger charge is -2.09. The quantitative estimate of drug-likeness (QED) is 0.329. The Hall–Kier alpha value is -2.42. The van der Waals surface area contributed by atoms with Gasteiger partial charge < -0.3 is 15.0 Å². The number of hydrogen-bond acceptors (Lipinski definition) is 5. The van der Waals surface area contributed by atoms with E-state index in [0.717, 1.165) is 4.47 Å². The molecular weight excluding hydrogens is 370 g/mol. The number of nitrogens with one attached hydrogen (secondary N) is 2. The van der Waals surface area contributed by atoms with Gasteiger partial charge in [-0.05, 0) is 24.6 Å². The first-order chi connectivity index (χ1) is 11.0. The van der Waals surface area contributed by atoms with Crippen LogP contribution in [-0.4, -0.2) is 34.9 Å². The molecule has 1 unspecified atom stereocenters. The average Bonchev–Trinajstić information content (AvgIpc) is 2.87. The third kappa shape index (κ3) is 3.67. The number of nitro groups is 1. The van der Waals surface area contributed by atoms with Crippen LogP contribution in [0.4, 0.5) is 5.69 Å². The normalized spacial score (nSPS) is 11.9. The van der Waals surface area contributed by atoms with Gasteiger partial charge in [-0.1, -0.05) is 15.9 Å². The van der Waals surface area contributed by atoms with Crippen molar-refractivity contribution in [2.75, 3.05) is 11.9 Å². The number of anilines is 1. The van der Waals surface area contributed by atoms with E-state index in [4.69, 9.17) is 4.74 Å². The Kier molecular flexibility index (Phi) is 5.32. The van der Waals surface area contributed by atoms with Gasteiger partial charge in [-0.25, -0.2) is 4.79 Å². The van der Waals surface area contributed by atoms with Crippen LogP contribution in [0.25, 0.3) is 10.9 Å². The molecule has 2 rings (SSSR count). The number of aromatic nitrogens is 1. The smallest absolute Gasteiger partial charge is 0.382 e. The maximum atomic E-state index is 11.8. The van der Waals surface area contributed by atoms with E-state index in [-0.39, 0.29) is 13.0 Å². The summed E-state index contributed by atoms with van der Waals surface area (Å²) in [5, 5.41) is 14.3. The second-order valence-electron chi connectivity index (χ2n) is 4.71. The Labute approximate surface area is 139 Å². The van der Waals surface area contributed by atoms with Gasteiger partial charge in [-0.2, -0.15) is 0 Å². The predicted molar refractivity (Wildman–Crippen MR) is 86.8 cm³/mol. The number of halogens is 1. The molecule has 0 aliphatic rings. The van der Waals surface area contributed by atoms with Crippen molar-refractivity contribution in [3.05, 3.63) is 38.5 Å². The average molecular weight is 384 g/mol. The molecule has 9 heteroatoms. The van der Waals surface area contributed by atoms with Crippen molar-refractivity contribution in [3.8, 4) is 0 Å². The van der Waals surface area contributed by atoms with E-state index < -0.39 is 16.9 Å². The Bertz CT molecular complexity index is 758. The topological polar surface area (TPSA) is 114 Å². The Morgan fingerprint density at radius 3 is 2.91 bits per heavy atom. The fourth-order valence-electron chi connectivity index (χ4n) is 2.33. The van der Waals surface area contributed by atoms with Crippen LogP contribution >= 0.6 is 15.9 Å². The molecule has 1 amide bonds. The number of carbonyl (C=O) groups excluding carboxylic acids is 2. The van der Waals surface area contributed by atoms with E-state index in [1.165, 1.54) is 0 Å². The summed E-state index contributed by atoms with van der Waals surface area (Å²) in [6, 6.07) is 1.96. The third-order valence-electron chi connectivity index (χ3n) is 3.27. The highest BCUT2D eigenvalue weighted by Crippen LogP contribution is 2.31. The number of H-pyrrole nitrogens is 1. The largest absolute Gasteiger partial charge is 0.461 e. The first-order valence-corrected chi connectivity index (χ1v) is 7.57. The molecule has 23 heavy (non-hydrogen) atoms. The molecule has 2 N–H and O–H groups in total. The minimum Gasteiger partial charge on any atom is -0.461 e. The van der Waals surface area contributed by atoms with Gasteiger partial charge in [0, 0.05) is 26.5 Å². The van der Waals surface area contributed by atoms with E-state index in [2.05, 4.69) is 26.2 Å². The summed E-state index contributed by atoms with van der Waals surface area (Å²) in [5.74, 6) is -0.881. The van der Waals surface area contributed by atoms with E-state index in [0.29, 0.717) is 28.6 Å². The highest BCUT2D eigenvalue weighted by molar-refractivity contribution is 9.10. The fourth-order valence-corrected chi connectivity index (χ4v) is 2.79. The summed E-state index contributed by atoms with van der Waals surface area (Å²) in [7, 11) is 0. The lowest BCUT2D eigenvalue weighted by molar-refractivity contribution is -0.510. The summed E-state index contributed by atoms with van der Waals surface area (Å²) in [6.45, 7) is 1.66. The van der Waals surface area contributed by atoms with E-state index in [1.54, 1.807) is 25.3 Å². The molecule has 122 valence electrons. The standard InChI is InChI=1S/C14H14BrN3O5/c1-2-23-14(20)12(18(21)22)3-8-6-16-10-4-9(15)5-11(13(8)10)17-7-19/h4-7,12,16H,2-3H2,1H3,(H,17,19). The minimum atomic E-state index is -1.50. The van der Waals surface area contributed by atoms with Crippen LogP contribution < -0.4 is 5.32 Å². The number of rotatable bonds is 7. The molecule has 0 saturated carbocycles. The molecule has 0 saturated heterocycles. The molecule has 0 bridgehead atoms. The lowest BCUT2D eigenvalue weighted by Crippen LogP contribution is -2.33. The summed E-state index contributed by atoms with van der Waals surface area (Å²) >= 11 is 3.32. The van der Waals surface area contributed by atoms with Crippen LogP contribution in [0.5, 0.6) is 0 Å². The fraction of sp³-hybridized carbons (Fsp3) is 0.286. The Morgan fingerprint density at radius 2 is 2.30 bits per heavy atom. The van der Waals surface area contributed by atoms with Gasteiger partial charge in [0.15, 0.2) is 0 Å². The number of hydrogen-bond donors (Lipinski definition) is 2. The van der Waals surface area contributed by atoms with Crippen LogP contribution in [0.1, 0.15) is 12.5 Å².